The minimum Gasteiger partial charge on any atom is -0.312 e. The second-order valence-electron chi connectivity index (χ2n) is 6.19. The number of hydrogen-bond acceptors (Lipinski definition) is 2. The molecule has 0 aliphatic carbocycles. The Labute approximate surface area is 117 Å². The Morgan fingerprint density at radius 3 is 2.42 bits per heavy atom. The summed E-state index contributed by atoms with van der Waals surface area (Å²) in [4.78, 5) is 0. The summed E-state index contributed by atoms with van der Waals surface area (Å²) in [6.07, 6.45) is 8.03. The maximum absolute atomic E-state index is 3.78. The number of nitrogens with one attached hydrogen (secondary N) is 2. The van der Waals surface area contributed by atoms with Crippen molar-refractivity contribution in [3.63, 3.8) is 0 Å². The van der Waals surface area contributed by atoms with E-state index in [1.807, 2.05) is 0 Å². The molecule has 1 aromatic carbocycles. The van der Waals surface area contributed by atoms with Crippen molar-refractivity contribution >= 4 is 0 Å². The summed E-state index contributed by atoms with van der Waals surface area (Å²) in [5, 5.41) is 7.43. The van der Waals surface area contributed by atoms with Crippen molar-refractivity contribution in [3.8, 4) is 0 Å². The van der Waals surface area contributed by atoms with Crippen LogP contribution in [0.1, 0.15) is 37.7 Å². The van der Waals surface area contributed by atoms with Crippen LogP contribution in [-0.4, -0.2) is 25.2 Å². The Balaban J connectivity index is 1.52. The van der Waals surface area contributed by atoms with Gasteiger partial charge in [-0.2, -0.15) is 0 Å². The van der Waals surface area contributed by atoms with Crippen LogP contribution in [0.5, 0.6) is 0 Å². The first-order chi connectivity index (χ1) is 9.42. The van der Waals surface area contributed by atoms with Gasteiger partial charge in [-0.15, -0.1) is 0 Å². The van der Waals surface area contributed by atoms with Gasteiger partial charge in [0.25, 0.3) is 0 Å². The Bertz CT molecular complexity index is 370. The van der Waals surface area contributed by atoms with Crippen LogP contribution >= 0.6 is 0 Å². The first kappa shape index (κ1) is 13.1. The summed E-state index contributed by atoms with van der Waals surface area (Å²) in [5.41, 5.74) is 1.50. The normalized spacial score (nSPS) is 32.1. The van der Waals surface area contributed by atoms with E-state index in [1.165, 1.54) is 57.2 Å². The molecule has 2 fully saturated rings. The van der Waals surface area contributed by atoms with Crippen LogP contribution in [0.15, 0.2) is 30.3 Å². The van der Waals surface area contributed by atoms with Crippen LogP contribution in [0.4, 0.5) is 0 Å². The molecule has 3 atom stereocenters. The molecule has 0 amide bonds. The zero-order valence-electron chi connectivity index (χ0n) is 11.8. The lowest BCUT2D eigenvalue weighted by molar-refractivity contribution is 0.390. The molecule has 2 N–H and O–H groups in total. The molecular formula is C17H26N2. The first-order valence-electron chi connectivity index (χ1n) is 7.92. The lowest BCUT2D eigenvalue weighted by Crippen LogP contribution is -2.44. The summed E-state index contributed by atoms with van der Waals surface area (Å²) in [6, 6.07) is 12.4. The third kappa shape index (κ3) is 3.58. The van der Waals surface area contributed by atoms with Gasteiger partial charge in [-0.05, 0) is 63.1 Å². The van der Waals surface area contributed by atoms with Crippen LogP contribution in [0.3, 0.4) is 0 Å². The molecule has 3 rings (SSSR count). The summed E-state index contributed by atoms with van der Waals surface area (Å²) < 4.78 is 0. The summed E-state index contributed by atoms with van der Waals surface area (Å²) >= 11 is 0. The predicted molar refractivity (Wildman–Crippen MR) is 80.3 cm³/mol. The van der Waals surface area contributed by atoms with E-state index in [9.17, 15) is 0 Å². The highest BCUT2D eigenvalue weighted by Gasteiger charge is 2.27. The molecular weight excluding hydrogens is 232 g/mol. The van der Waals surface area contributed by atoms with Crippen molar-refractivity contribution in [2.75, 3.05) is 13.1 Å². The van der Waals surface area contributed by atoms with E-state index in [1.54, 1.807) is 0 Å². The maximum atomic E-state index is 3.78. The molecule has 2 aliphatic rings. The summed E-state index contributed by atoms with van der Waals surface area (Å²) in [6.45, 7) is 2.41. The Hall–Kier alpha value is -0.860. The molecule has 2 saturated heterocycles. The highest BCUT2D eigenvalue weighted by molar-refractivity contribution is 5.15. The van der Waals surface area contributed by atoms with Gasteiger partial charge in [0.1, 0.15) is 0 Å². The van der Waals surface area contributed by atoms with E-state index in [0.29, 0.717) is 6.04 Å². The van der Waals surface area contributed by atoms with Crippen molar-refractivity contribution in [2.24, 2.45) is 5.92 Å². The monoisotopic (exact) mass is 258 g/mol. The van der Waals surface area contributed by atoms with Crippen molar-refractivity contribution in [1.29, 1.82) is 0 Å². The second-order valence-corrected chi connectivity index (χ2v) is 6.19. The Morgan fingerprint density at radius 2 is 1.63 bits per heavy atom. The number of hydrogen-bond donors (Lipinski definition) is 2. The first-order valence-corrected chi connectivity index (χ1v) is 7.92. The van der Waals surface area contributed by atoms with E-state index < -0.39 is 0 Å². The van der Waals surface area contributed by atoms with Gasteiger partial charge in [0, 0.05) is 12.1 Å². The molecule has 0 radical (unpaired) electrons. The average molecular weight is 258 g/mol. The molecule has 104 valence electrons. The maximum Gasteiger partial charge on any atom is 0.0221 e. The van der Waals surface area contributed by atoms with Gasteiger partial charge in [-0.1, -0.05) is 30.3 Å². The standard InChI is InChI=1S/C17H26N2/c1-2-5-14(6-3-1)13-15-8-9-17(19-12-10-15)16-7-4-11-18-16/h1-3,5-6,15-19H,4,7-13H2/t15-,16+,17-/m0/s1. The fourth-order valence-corrected chi connectivity index (χ4v) is 3.68. The van der Waals surface area contributed by atoms with Crippen molar-refractivity contribution < 1.29 is 0 Å². The van der Waals surface area contributed by atoms with Gasteiger partial charge in [-0.3, -0.25) is 0 Å². The van der Waals surface area contributed by atoms with Crippen LogP contribution < -0.4 is 10.6 Å². The van der Waals surface area contributed by atoms with Crippen LogP contribution in [-0.2, 0) is 6.42 Å². The molecule has 19 heavy (non-hydrogen) atoms. The van der Waals surface area contributed by atoms with Gasteiger partial charge in [0.15, 0.2) is 0 Å². The molecule has 2 nitrogen and oxygen atoms in total. The largest absolute Gasteiger partial charge is 0.312 e. The molecule has 0 saturated carbocycles. The topological polar surface area (TPSA) is 24.1 Å². The Morgan fingerprint density at radius 1 is 0.842 bits per heavy atom. The average Bonchev–Trinajstić information content (AvgIpc) is 2.88. The predicted octanol–water partition coefficient (Wildman–Crippen LogP) is 2.74. The highest BCUT2D eigenvalue weighted by atomic mass is 15.0. The fraction of sp³-hybridized carbons (Fsp3) is 0.647. The van der Waals surface area contributed by atoms with Crippen molar-refractivity contribution in [1.82, 2.24) is 10.6 Å². The van der Waals surface area contributed by atoms with Gasteiger partial charge in [0.05, 0.1) is 0 Å². The lowest BCUT2D eigenvalue weighted by Gasteiger charge is -2.23. The van der Waals surface area contributed by atoms with Crippen LogP contribution in [0.25, 0.3) is 0 Å². The van der Waals surface area contributed by atoms with E-state index >= 15 is 0 Å². The lowest BCUT2D eigenvalue weighted by atomic mass is 9.91. The van der Waals surface area contributed by atoms with E-state index in [0.717, 1.165) is 12.0 Å². The molecule has 0 spiro atoms. The molecule has 2 aliphatic heterocycles. The second kappa shape index (κ2) is 6.53. The number of rotatable bonds is 3. The molecule has 0 aromatic heterocycles. The minimum absolute atomic E-state index is 0.711. The molecule has 2 heteroatoms. The fourth-order valence-electron chi connectivity index (χ4n) is 3.68. The van der Waals surface area contributed by atoms with Crippen molar-refractivity contribution in [2.45, 2.75) is 50.6 Å². The SMILES string of the molecule is c1ccc(C[C@@H]2CCN[C@H]([C@H]3CCCN3)CC2)cc1. The molecule has 1 aromatic rings. The van der Waals surface area contributed by atoms with Gasteiger partial charge in [-0.25, -0.2) is 0 Å². The third-order valence-corrected chi connectivity index (χ3v) is 4.80. The molecule has 0 unspecified atom stereocenters. The van der Waals surface area contributed by atoms with Crippen LogP contribution in [0.2, 0.25) is 0 Å². The van der Waals surface area contributed by atoms with Crippen molar-refractivity contribution in [3.05, 3.63) is 35.9 Å². The van der Waals surface area contributed by atoms with Gasteiger partial charge in [0.2, 0.25) is 0 Å². The molecule has 0 bridgehead atoms. The van der Waals surface area contributed by atoms with E-state index in [-0.39, 0.29) is 0 Å². The summed E-state index contributed by atoms with van der Waals surface area (Å²) in [7, 11) is 0. The van der Waals surface area contributed by atoms with E-state index in [2.05, 4.69) is 41.0 Å². The zero-order chi connectivity index (χ0) is 12.9. The van der Waals surface area contributed by atoms with Gasteiger partial charge >= 0.3 is 0 Å². The minimum atomic E-state index is 0.711. The molecule has 2 heterocycles. The number of benzene rings is 1. The van der Waals surface area contributed by atoms with Gasteiger partial charge < -0.3 is 10.6 Å². The van der Waals surface area contributed by atoms with E-state index in [4.69, 9.17) is 0 Å². The smallest absolute Gasteiger partial charge is 0.0221 e. The van der Waals surface area contributed by atoms with Crippen LogP contribution in [0, 0.1) is 5.92 Å². The third-order valence-electron chi connectivity index (χ3n) is 4.80. The quantitative estimate of drug-likeness (QED) is 0.871. The summed E-state index contributed by atoms with van der Waals surface area (Å²) in [5.74, 6) is 0.862. The highest BCUT2D eigenvalue weighted by Crippen LogP contribution is 2.24. The zero-order valence-corrected chi connectivity index (χ0v) is 11.8. The Kier molecular flexibility index (Phi) is 4.52.